The average molecular weight is 225 g/mol. The maximum absolute atomic E-state index is 12.6. The Balaban J connectivity index is 1.89. The molecule has 0 spiro atoms. The van der Waals surface area contributed by atoms with Gasteiger partial charge in [-0.05, 0) is 30.0 Å². The summed E-state index contributed by atoms with van der Waals surface area (Å²) >= 11 is 0. The van der Waals surface area contributed by atoms with Gasteiger partial charge in [-0.15, -0.1) is 0 Å². The number of nitrogens with zero attached hydrogens (tertiary/aromatic N) is 1. The molecule has 0 unspecified atom stereocenters. The second-order valence-electron chi connectivity index (χ2n) is 3.65. The molecule has 2 rings (SSSR count). The number of aryl methyl sites for hydroxylation is 1. The lowest BCUT2D eigenvalue weighted by molar-refractivity contribution is 0.621. The van der Waals surface area contributed by atoms with Crippen LogP contribution in [0.4, 0.5) is 4.39 Å². The Labute approximate surface area is 100 Å². The van der Waals surface area contributed by atoms with Crippen LogP contribution in [0.5, 0.6) is 0 Å². The summed E-state index contributed by atoms with van der Waals surface area (Å²) in [4.78, 5) is 3.87. The van der Waals surface area contributed by atoms with Crippen molar-refractivity contribution in [1.82, 2.24) is 4.98 Å². The van der Waals surface area contributed by atoms with Gasteiger partial charge in [-0.2, -0.15) is 0 Å². The molecule has 2 aromatic rings. The monoisotopic (exact) mass is 225 g/mol. The van der Waals surface area contributed by atoms with E-state index in [9.17, 15) is 4.39 Å². The summed E-state index contributed by atoms with van der Waals surface area (Å²) in [5, 5.41) is 0. The number of hydrogen-bond donors (Lipinski definition) is 0. The van der Waals surface area contributed by atoms with Crippen LogP contribution in [0.3, 0.4) is 0 Å². The van der Waals surface area contributed by atoms with E-state index in [1.165, 1.54) is 17.8 Å². The van der Waals surface area contributed by atoms with Gasteiger partial charge in [-0.25, -0.2) is 9.37 Å². The Morgan fingerprint density at radius 3 is 2.59 bits per heavy atom. The summed E-state index contributed by atoms with van der Waals surface area (Å²) < 4.78 is 12.6. The lowest BCUT2D eigenvalue weighted by Gasteiger charge is -1.94. The molecule has 17 heavy (non-hydrogen) atoms. The van der Waals surface area contributed by atoms with Crippen LogP contribution >= 0.6 is 0 Å². The lowest BCUT2D eigenvalue weighted by atomic mass is 10.1. The normalized spacial score (nSPS) is 9.47. The van der Waals surface area contributed by atoms with Crippen LogP contribution in [-0.4, -0.2) is 4.98 Å². The number of rotatable bonds is 2. The van der Waals surface area contributed by atoms with Crippen LogP contribution in [0.1, 0.15) is 17.7 Å². The summed E-state index contributed by atoms with van der Waals surface area (Å²) in [5.41, 5.74) is 1.88. The van der Waals surface area contributed by atoms with E-state index in [1.807, 2.05) is 18.2 Å². The van der Waals surface area contributed by atoms with Crippen LogP contribution in [0.2, 0.25) is 0 Å². The molecule has 0 amide bonds. The minimum Gasteiger partial charge on any atom is -0.245 e. The van der Waals surface area contributed by atoms with Gasteiger partial charge >= 0.3 is 0 Å². The van der Waals surface area contributed by atoms with Gasteiger partial charge in [-0.3, -0.25) is 0 Å². The number of aromatic nitrogens is 1. The largest absolute Gasteiger partial charge is 0.245 e. The molecule has 1 aromatic carbocycles. The molecule has 1 nitrogen and oxygen atoms in total. The maximum Gasteiger partial charge on any atom is 0.141 e. The standard InChI is InChI=1S/C15H12FN/c16-14-10-11-15(17-12-14)9-5-4-8-13-6-2-1-3-7-13/h1-3,6-7,10-12H,4,8H2. The molecular weight excluding hydrogens is 213 g/mol. The van der Waals surface area contributed by atoms with Crippen molar-refractivity contribution in [1.29, 1.82) is 0 Å². The Kier molecular flexibility index (Phi) is 3.88. The molecule has 0 aliphatic carbocycles. The van der Waals surface area contributed by atoms with Gasteiger partial charge in [0.25, 0.3) is 0 Å². The first-order valence-corrected chi connectivity index (χ1v) is 5.49. The van der Waals surface area contributed by atoms with Crippen molar-refractivity contribution in [2.24, 2.45) is 0 Å². The van der Waals surface area contributed by atoms with Crippen molar-refractivity contribution in [3.63, 3.8) is 0 Å². The van der Waals surface area contributed by atoms with Gasteiger partial charge in [0.15, 0.2) is 0 Å². The number of pyridine rings is 1. The Morgan fingerprint density at radius 2 is 1.88 bits per heavy atom. The predicted molar refractivity (Wildman–Crippen MR) is 65.8 cm³/mol. The highest BCUT2D eigenvalue weighted by molar-refractivity contribution is 5.27. The van der Waals surface area contributed by atoms with Gasteiger partial charge in [-0.1, -0.05) is 36.3 Å². The minimum atomic E-state index is -0.333. The third-order valence-corrected chi connectivity index (χ3v) is 2.33. The molecule has 0 radical (unpaired) electrons. The molecule has 1 heterocycles. The molecule has 0 atom stereocenters. The van der Waals surface area contributed by atoms with E-state index in [4.69, 9.17) is 0 Å². The lowest BCUT2D eigenvalue weighted by Crippen LogP contribution is -1.84. The summed E-state index contributed by atoms with van der Waals surface area (Å²) in [7, 11) is 0. The molecule has 2 heteroatoms. The summed E-state index contributed by atoms with van der Waals surface area (Å²) in [5.74, 6) is 5.62. The van der Waals surface area contributed by atoms with Crippen LogP contribution in [-0.2, 0) is 6.42 Å². The summed E-state index contributed by atoms with van der Waals surface area (Å²) in [6.07, 6.45) is 2.89. The molecule has 0 aliphatic heterocycles. The van der Waals surface area contributed by atoms with E-state index in [2.05, 4.69) is 29.0 Å². The second kappa shape index (κ2) is 5.81. The predicted octanol–water partition coefficient (Wildman–Crippen LogP) is 3.21. The zero-order chi connectivity index (χ0) is 11.9. The highest BCUT2D eigenvalue weighted by atomic mass is 19.1. The Morgan fingerprint density at radius 1 is 1.06 bits per heavy atom. The molecule has 0 aliphatic rings. The van der Waals surface area contributed by atoms with Gasteiger partial charge < -0.3 is 0 Å². The van der Waals surface area contributed by atoms with E-state index in [-0.39, 0.29) is 5.82 Å². The summed E-state index contributed by atoms with van der Waals surface area (Å²) in [6, 6.07) is 13.2. The van der Waals surface area contributed by atoms with E-state index in [1.54, 1.807) is 6.07 Å². The zero-order valence-corrected chi connectivity index (χ0v) is 9.36. The van der Waals surface area contributed by atoms with Crippen molar-refractivity contribution in [2.45, 2.75) is 12.8 Å². The highest BCUT2D eigenvalue weighted by Crippen LogP contribution is 2.01. The van der Waals surface area contributed by atoms with Crippen LogP contribution in [0, 0.1) is 17.7 Å². The van der Waals surface area contributed by atoms with Gasteiger partial charge in [0.2, 0.25) is 0 Å². The van der Waals surface area contributed by atoms with E-state index >= 15 is 0 Å². The van der Waals surface area contributed by atoms with Crippen molar-refractivity contribution >= 4 is 0 Å². The first-order chi connectivity index (χ1) is 8.34. The number of benzene rings is 1. The fourth-order valence-corrected chi connectivity index (χ4v) is 1.45. The zero-order valence-electron chi connectivity index (χ0n) is 9.36. The average Bonchev–Trinajstić information content (AvgIpc) is 2.38. The second-order valence-corrected chi connectivity index (χ2v) is 3.65. The fraction of sp³-hybridized carbons (Fsp3) is 0.133. The maximum atomic E-state index is 12.6. The van der Waals surface area contributed by atoms with Crippen molar-refractivity contribution in [3.8, 4) is 11.8 Å². The van der Waals surface area contributed by atoms with E-state index < -0.39 is 0 Å². The Bertz CT molecular complexity index is 520. The molecule has 0 N–H and O–H groups in total. The van der Waals surface area contributed by atoms with Crippen molar-refractivity contribution in [2.75, 3.05) is 0 Å². The highest BCUT2D eigenvalue weighted by Gasteiger charge is 1.90. The Hall–Kier alpha value is -2.14. The fourth-order valence-electron chi connectivity index (χ4n) is 1.45. The van der Waals surface area contributed by atoms with Crippen LogP contribution in [0.15, 0.2) is 48.7 Å². The molecular formula is C15H12FN. The SMILES string of the molecule is Fc1ccc(C#CCCc2ccccc2)nc1. The quantitative estimate of drug-likeness (QED) is 0.715. The summed E-state index contributed by atoms with van der Waals surface area (Å²) in [6.45, 7) is 0. The van der Waals surface area contributed by atoms with E-state index in [0.29, 0.717) is 5.69 Å². The van der Waals surface area contributed by atoms with Gasteiger partial charge in [0, 0.05) is 6.42 Å². The molecule has 0 fully saturated rings. The van der Waals surface area contributed by atoms with Gasteiger partial charge in [0.1, 0.15) is 11.5 Å². The molecule has 1 aromatic heterocycles. The van der Waals surface area contributed by atoms with Gasteiger partial charge in [0.05, 0.1) is 6.20 Å². The molecule has 0 saturated heterocycles. The molecule has 0 saturated carbocycles. The smallest absolute Gasteiger partial charge is 0.141 e. The van der Waals surface area contributed by atoms with Crippen LogP contribution in [0.25, 0.3) is 0 Å². The van der Waals surface area contributed by atoms with Crippen molar-refractivity contribution < 1.29 is 4.39 Å². The first kappa shape index (κ1) is 11.3. The topological polar surface area (TPSA) is 12.9 Å². The first-order valence-electron chi connectivity index (χ1n) is 5.49. The van der Waals surface area contributed by atoms with Crippen LogP contribution < -0.4 is 0 Å². The molecule has 0 bridgehead atoms. The third kappa shape index (κ3) is 3.73. The minimum absolute atomic E-state index is 0.333. The number of halogens is 1. The van der Waals surface area contributed by atoms with Crippen molar-refractivity contribution in [3.05, 3.63) is 65.7 Å². The van der Waals surface area contributed by atoms with E-state index in [0.717, 1.165) is 12.8 Å². The third-order valence-electron chi connectivity index (χ3n) is 2.33. The number of hydrogen-bond acceptors (Lipinski definition) is 1. The molecule has 84 valence electrons.